The molecule has 0 aromatic carbocycles. The Labute approximate surface area is 51.9 Å². The van der Waals surface area contributed by atoms with Crippen LogP contribution in [0, 0.1) is 5.92 Å². The summed E-state index contributed by atoms with van der Waals surface area (Å²) >= 11 is 0. The lowest BCUT2D eigenvalue weighted by molar-refractivity contribution is 0.699. The van der Waals surface area contributed by atoms with Gasteiger partial charge in [0, 0.05) is 0 Å². The number of hydrogen-bond donors (Lipinski definition) is 0. The lowest BCUT2D eigenvalue weighted by Gasteiger charge is -2.05. The molecule has 0 aliphatic heterocycles. The zero-order valence-electron chi connectivity index (χ0n) is 5.78. The molecule has 46 valence electrons. The van der Waals surface area contributed by atoms with Crippen LogP contribution in [0.25, 0.3) is 0 Å². The first-order chi connectivity index (χ1) is 3.68. The van der Waals surface area contributed by atoms with E-state index in [2.05, 4.69) is 20.1 Å². The molecule has 0 heteroatoms. The molecule has 0 rings (SSSR count). The zero-order chi connectivity index (χ0) is 6.57. The molecule has 0 aromatic rings. The van der Waals surface area contributed by atoms with Crippen LogP contribution in [0.5, 0.6) is 0 Å². The summed E-state index contributed by atoms with van der Waals surface area (Å²) in [4.78, 5) is 0. The van der Waals surface area contributed by atoms with Gasteiger partial charge < -0.3 is 0 Å². The van der Waals surface area contributed by atoms with Crippen LogP contribution in [0.4, 0.5) is 0 Å². The molecule has 0 aliphatic rings. The van der Waals surface area contributed by atoms with E-state index < -0.39 is 0 Å². The Morgan fingerprint density at radius 1 is 1.75 bits per heavy atom. The van der Waals surface area contributed by atoms with Gasteiger partial charge in [-0.05, 0) is 19.3 Å². The van der Waals surface area contributed by atoms with Crippen molar-refractivity contribution in [2.24, 2.45) is 5.92 Å². The van der Waals surface area contributed by atoms with Crippen LogP contribution in [-0.2, 0) is 0 Å². The normalized spacial score (nSPS) is 12.8. The summed E-state index contributed by atoms with van der Waals surface area (Å²) in [6.07, 6.45) is 2.98. The molecule has 8 heavy (non-hydrogen) atoms. The summed E-state index contributed by atoms with van der Waals surface area (Å²) in [7, 11) is 0. The van der Waals surface area contributed by atoms with Crippen molar-refractivity contribution in [1.82, 2.24) is 0 Å². The van der Waals surface area contributed by atoms with E-state index >= 15 is 0 Å². The van der Waals surface area contributed by atoms with Gasteiger partial charge in [-0.3, -0.25) is 0 Å². The van der Waals surface area contributed by atoms with E-state index in [1.165, 1.54) is 5.57 Å². The van der Waals surface area contributed by atoms with Crippen LogP contribution in [0.2, 0.25) is 0 Å². The van der Waals surface area contributed by atoms with Gasteiger partial charge >= 0.3 is 0 Å². The van der Waals surface area contributed by atoms with Gasteiger partial charge in [-0.1, -0.05) is 25.2 Å². The highest BCUT2D eigenvalue weighted by Gasteiger charge is 1.96. The molecule has 0 fully saturated rings. The summed E-state index contributed by atoms with van der Waals surface area (Å²) < 4.78 is 0. The number of hydrogen-bond acceptors (Lipinski definition) is 0. The fourth-order valence-corrected chi connectivity index (χ4v) is 0.451. The highest BCUT2D eigenvalue weighted by molar-refractivity contribution is 4.96. The van der Waals surface area contributed by atoms with E-state index in [9.17, 15) is 0 Å². The third-order valence-corrected chi connectivity index (χ3v) is 1.36. The summed E-state index contributed by atoms with van der Waals surface area (Å²) in [6, 6.07) is 0. The van der Waals surface area contributed by atoms with E-state index in [1.807, 2.05) is 13.0 Å². The van der Waals surface area contributed by atoms with Crippen molar-refractivity contribution in [2.45, 2.75) is 20.3 Å². The average Bonchev–Trinajstić information content (AvgIpc) is 1.67. The van der Waals surface area contributed by atoms with Crippen molar-refractivity contribution >= 4 is 0 Å². The SMILES string of the molecule is C=CCC(C)C(=C)C. The van der Waals surface area contributed by atoms with Crippen LogP contribution in [0.3, 0.4) is 0 Å². The van der Waals surface area contributed by atoms with Gasteiger partial charge in [0.15, 0.2) is 0 Å². The largest absolute Gasteiger partial charge is 0.103 e. The van der Waals surface area contributed by atoms with E-state index in [-0.39, 0.29) is 0 Å². The minimum atomic E-state index is 0.604. The molecule has 0 N–H and O–H groups in total. The molecule has 0 aromatic heterocycles. The lowest BCUT2D eigenvalue weighted by atomic mass is 10.0. The minimum Gasteiger partial charge on any atom is -0.103 e. The Bertz CT molecular complexity index is 90.2. The van der Waals surface area contributed by atoms with Gasteiger partial charge in [-0.2, -0.15) is 0 Å². The van der Waals surface area contributed by atoms with Crippen LogP contribution in [-0.4, -0.2) is 0 Å². The Balaban J connectivity index is 3.46. The Morgan fingerprint density at radius 2 is 2.25 bits per heavy atom. The third-order valence-electron chi connectivity index (χ3n) is 1.36. The second kappa shape index (κ2) is 3.48. The first kappa shape index (κ1) is 7.48. The molecule has 1 atom stereocenters. The quantitative estimate of drug-likeness (QED) is 0.490. The molecule has 0 saturated carbocycles. The third kappa shape index (κ3) is 2.62. The predicted molar refractivity (Wildman–Crippen MR) is 38.8 cm³/mol. The fraction of sp³-hybridized carbons (Fsp3) is 0.500. The van der Waals surface area contributed by atoms with Gasteiger partial charge in [0.05, 0.1) is 0 Å². The van der Waals surface area contributed by atoms with E-state index in [0.29, 0.717) is 5.92 Å². The van der Waals surface area contributed by atoms with Crippen LogP contribution >= 0.6 is 0 Å². The molecule has 0 radical (unpaired) electrons. The van der Waals surface area contributed by atoms with Crippen molar-refractivity contribution in [3.8, 4) is 0 Å². The first-order valence-corrected chi connectivity index (χ1v) is 2.94. The van der Waals surface area contributed by atoms with E-state index in [1.54, 1.807) is 0 Å². The van der Waals surface area contributed by atoms with Crippen LogP contribution in [0.1, 0.15) is 20.3 Å². The molecule has 1 unspecified atom stereocenters. The smallest absolute Gasteiger partial charge is 0.0203 e. The predicted octanol–water partition coefficient (Wildman–Crippen LogP) is 2.77. The highest BCUT2D eigenvalue weighted by atomic mass is 14.0. The van der Waals surface area contributed by atoms with E-state index in [4.69, 9.17) is 0 Å². The van der Waals surface area contributed by atoms with Gasteiger partial charge in [0.25, 0.3) is 0 Å². The second-order valence-corrected chi connectivity index (χ2v) is 2.27. The van der Waals surface area contributed by atoms with Gasteiger partial charge in [-0.15, -0.1) is 6.58 Å². The van der Waals surface area contributed by atoms with Crippen molar-refractivity contribution in [3.05, 3.63) is 24.8 Å². The molecular formula is C8H14. The molecular weight excluding hydrogens is 96.1 g/mol. The van der Waals surface area contributed by atoms with Crippen LogP contribution < -0.4 is 0 Å². The Kier molecular flexibility index (Phi) is 3.25. The molecule has 0 amide bonds. The molecule has 0 aliphatic carbocycles. The van der Waals surface area contributed by atoms with Gasteiger partial charge in [-0.25, -0.2) is 0 Å². The minimum absolute atomic E-state index is 0.604. The van der Waals surface area contributed by atoms with Gasteiger partial charge in [0.1, 0.15) is 0 Å². The summed E-state index contributed by atoms with van der Waals surface area (Å²) in [6.45, 7) is 11.7. The topological polar surface area (TPSA) is 0 Å². The lowest BCUT2D eigenvalue weighted by Crippen LogP contribution is -1.90. The summed E-state index contributed by atoms with van der Waals surface area (Å²) in [5.41, 5.74) is 1.24. The Morgan fingerprint density at radius 3 is 2.38 bits per heavy atom. The molecule has 0 bridgehead atoms. The van der Waals surface area contributed by atoms with Crippen molar-refractivity contribution < 1.29 is 0 Å². The fourth-order valence-electron chi connectivity index (χ4n) is 0.451. The molecule has 0 spiro atoms. The molecule has 0 saturated heterocycles. The highest BCUT2D eigenvalue weighted by Crippen LogP contribution is 2.10. The maximum absolute atomic E-state index is 3.83. The van der Waals surface area contributed by atoms with Gasteiger partial charge in [0.2, 0.25) is 0 Å². The summed E-state index contributed by atoms with van der Waals surface area (Å²) in [5.74, 6) is 0.604. The first-order valence-electron chi connectivity index (χ1n) is 2.94. The average molecular weight is 110 g/mol. The maximum Gasteiger partial charge on any atom is -0.0203 e. The van der Waals surface area contributed by atoms with Crippen molar-refractivity contribution in [1.29, 1.82) is 0 Å². The van der Waals surface area contributed by atoms with Crippen LogP contribution in [0.15, 0.2) is 24.8 Å². The molecule has 0 heterocycles. The number of rotatable bonds is 3. The van der Waals surface area contributed by atoms with Crippen molar-refractivity contribution in [3.63, 3.8) is 0 Å². The van der Waals surface area contributed by atoms with E-state index in [0.717, 1.165) is 6.42 Å². The Hall–Kier alpha value is -0.520. The van der Waals surface area contributed by atoms with Crippen molar-refractivity contribution in [2.75, 3.05) is 0 Å². The zero-order valence-corrected chi connectivity index (χ0v) is 5.78. The maximum atomic E-state index is 3.83. The number of allylic oxidation sites excluding steroid dienone is 2. The summed E-state index contributed by atoms with van der Waals surface area (Å²) in [5, 5.41) is 0. The second-order valence-electron chi connectivity index (χ2n) is 2.27. The standard InChI is InChI=1S/C8H14/c1-5-6-8(4)7(2)3/h5,8H,1-2,6H2,3-4H3. The molecule has 0 nitrogen and oxygen atoms in total. The monoisotopic (exact) mass is 110 g/mol.